The summed E-state index contributed by atoms with van der Waals surface area (Å²) in [6.07, 6.45) is 5.92. The fourth-order valence-corrected chi connectivity index (χ4v) is 3.48. The minimum absolute atomic E-state index is 0.158. The maximum absolute atomic E-state index is 11.4. The van der Waals surface area contributed by atoms with E-state index in [1.165, 1.54) is 0 Å². The molecule has 1 amide bonds. The Morgan fingerprint density at radius 1 is 1.48 bits per heavy atom. The topological polar surface area (TPSA) is 74.0 Å². The molecule has 1 saturated heterocycles. The second kappa shape index (κ2) is 6.99. The molecule has 2 N–H and O–H groups in total. The zero-order valence-electron chi connectivity index (χ0n) is 13.5. The van der Waals surface area contributed by atoms with Crippen molar-refractivity contribution in [1.29, 1.82) is 0 Å². The van der Waals surface area contributed by atoms with Crippen molar-refractivity contribution < 1.29 is 4.79 Å². The molecule has 1 aliphatic heterocycles. The molecule has 0 aromatic carbocycles. The number of fused-ring (bicyclic) bond motifs is 1. The van der Waals surface area contributed by atoms with E-state index in [-0.39, 0.29) is 5.91 Å². The predicted molar refractivity (Wildman–Crippen MR) is 91.7 cm³/mol. The standard InChI is InChI=1S/C15H22N6OS/c1-11(22)20-5-3-12(4-6-20)18-14(16-2)17-9-13-10-21-7-8-23-15(21)19-13/h7-8,10,12H,3-6,9H2,1-2H3,(H2,16,17,18). The number of piperidine rings is 1. The molecule has 23 heavy (non-hydrogen) atoms. The van der Waals surface area contributed by atoms with Gasteiger partial charge in [-0.05, 0) is 12.8 Å². The lowest BCUT2D eigenvalue weighted by molar-refractivity contribution is -0.129. The van der Waals surface area contributed by atoms with Crippen LogP contribution in [0.4, 0.5) is 0 Å². The maximum atomic E-state index is 11.4. The minimum atomic E-state index is 0.158. The number of nitrogens with zero attached hydrogens (tertiary/aromatic N) is 4. The number of carbonyl (C=O) groups excluding carboxylic acids is 1. The zero-order valence-corrected chi connectivity index (χ0v) is 14.3. The summed E-state index contributed by atoms with van der Waals surface area (Å²) >= 11 is 1.63. The van der Waals surface area contributed by atoms with E-state index in [2.05, 4.69) is 20.6 Å². The Morgan fingerprint density at radius 3 is 2.91 bits per heavy atom. The molecule has 1 fully saturated rings. The molecule has 124 valence electrons. The highest BCUT2D eigenvalue weighted by Crippen LogP contribution is 2.12. The number of nitrogens with one attached hydrogen (secondary N) is 2. The van der Waals surface area contributed by atoms with Gasteiger partial charge in [-0.25, -0.2) is 4.98 Å². The molecule has 0 unspecified atom stereocenters. The van der Waals surface area contributed by atoms with E-state index in [0.717, 1.165) is 42.5 Å². The van der Waals surface area contributed by atoms with Gasteiger partial charge in [0.15, 0.2) is 10.9 Å². The summed E-state index contributed by atoms with van der Waals surface area (Å²) in [4.78, 5) is 23.1. The van der Waals surface area contributed by atoms with Crippen LogP contribution in [-0.2, 0) is 11.3 Å². The van der Waals surface area contributed by atoms with Crippen molar-refractivity contribution in [1.82, 2.24) is 24.9 Å². The van der Waals surface area contributed by atoms with Gasteiger partial charge in [0.2, 0.25) is 5.91 Å². The van der Waals surface area contributed by atoms with E-state index in [0.29, 0.717) is 12.6 Å². The molecule has 0 spiro atoms. The fraction of sp³-hybridized carbons (Fsp3) is 0.533. The number of amides is 1. The first kappa shape index (κ1) is 15.8. The van der Waals surface area contributed by atoms with Crippen LogP contribution in [0.5, 0.6) is 0 Å². The summed E-state index contributed by atoms with van der Waals surface area (Å²) in [6.45, 7) is 3.88. The molecule has 0 aliphatic carbocycles. The Kier molecular flexibility index (Phi) is 4.80. The third kappa shape index (κ3) is 3.82. The lowest BCUT2D eigenvalue weighted by Crippen LogP contribution is -2.49. The van der Waals surface area contributed by atoms with Crippen LogP contribution in [0.1, 0.15) is 25.5 Å². The number of carbonyl (C=O) groups is 1. The average Bonchev–Trinajstić information content (AvgIpc) is 3.13. The van der Waals surface area contributed by atoms with Gasteiger partial charge >= 0.3 is 0 Å². The molecule has 0 saturated carbocycles. The van der Waals surface area contributed by atoms with Crippen molar-refractivity contribution in [2.24, 2.45) is 4.99 Å². The SMILES string of the molecule is CN=C(NCc1cn2ccsc2n1)NC1CCN(C(C)=O)CC1. The van der Waals surface area contributed by atoms with Crippen LogP contribution < -0.4 is 10.6 Å². The fourth-order valence-electron chi connectivity index (χ4n) is 2.76. The van der Waals surface area contributed by atoms with Crippen LogP contribution in [-0.4, -0.2) is 52.3 Å². The minimum Gasteiger partial charge on any atom is -0.354 e. The van der Waals surface area contributed by atoms with Crippen LogP contribution >= 0.6 is 11.3 Å². The van der Waals surface area contributed by atoms with Gasteiger partial charge in [0, 0.05) is 50.9 Å². The highest BCUT2D eigenvalue weighted by molar-refractivity contribution is 7.15. The number of thiazole rings is 1. The first-order valence-electron chi connectivity index (χ1n) is 7.79. The number of imidazole rings is 1. The average molecular weight is 334 g/mol. The Morgan fingerprint density at radius 2 is 2.26 bits per heavy atom. The van der Waals surface area contributed by atoms with Crippen LogP contribution in [0.2, 0.25) is 0 Å². The molecule has 3 heterocycles. The van der Waals surface area contributed by atoms with E-state index >= 15 is 0 Å². The number of rotatable bonds is 3. The quantitative estimate of drug-likeness (QED) is 0.650. The summed E-state index contributed by atoms with van der Waals surface area (Å²) in [5.41, 5.74) is 0.992. The molecule has 2 aromatic heterocycles. The van der Waals surface area contributed by atoms with Gasteiger partial charge in [0.25, 0.3) is 0 Å². The predicted octanol–water partition coefficient (Wildman–Crippen LogP) is 1.07. The van der Waals surface area contributed by atoms with E-state index < -0.39 is 0 Å². The first-order chi connectivity index (χ1) is 11.2. The number of hydrogen-bond acceptors (Lipinski definition) is 4. The summed E-state index contributed by atoms with van der Waals surface area (Å²) in [6, 6.07) is 0.349. The third-order valence-electron chi connectivity index (χ3n) is 4.08. The summed E-state index contributed by atoms with van der Waals surface area (Å²) in [5.74, 6) is 0.938. The van der Waals surface area contributed by atoms with Crippen molar-refractivity contribution in [3.05, 3.63) is 23.5 Å². The van der Waals surface area contributed by atoms with E-state index in [4.69, 9.17) is 0 Å². The molecule has 0 atom stereocenters. The maximum Gasteiger partial charge on any atom is 0.219 e. The van der Waals surface area contributed by atoms with Gasteiger partial charge in [-0.3, -0.25) is 14.2 Å². The van der Waals surface area contributed by atoms with Crippen molar-refractivity contribution in [2.75, 3.05) is 20.1 Å². The largest absolute Gasteiger partial charge is 0.354 e. The van der Waals surface area contributed by atoms with E-state index in [1.54, 1.807) is 25.3 Å². The van der Waals surface area contributed by atoms with Crippen molar-refractivity contribution >= 4 is 28.2 Å². The molecule has 1 aliphatic rings. The van der Waals surface area contributed by atoms with E-state index in [9.17, 15) is 4.79 Å². The lowest BCUT2D eigenvalue weighted by Gasteiger charge is -2.32. The third-order valence-corrected chi connectivity index (χ3v) is 4.86. The van der Waals surface area contributed by atoms with Crippen LogP contribution in [0.15, 0.2) is 22.8 Å². The molecule has 2 aromatic rings. The van der Waals surface area contributed by atoms with Crippen molar-refractivity contribution in [3.8, 4) is 0 Å². The molecule has 8 heteroatoms. The Labute approximate surface area is 139 Å². The second-order valence-corrected chi connectivity index (χ2v) is 6.55. The van der Waals surface area contributed by atoms with Gasteiger partial charge in [0.1, 0.15) is 0 Å². The molecular formula is C15H22N6OS. The normalized spacial score (nSPS) is 16.8. The Balaban J connectivity index is 1.49. The number of hydrogen-bond donors (Lipinski definition) is 2. The molecule has 0 bridgehead atoms. The Bertz CT molecular complexity index is 669. The van der Waals surface area contributed by atoms with Gasteiger partial charge in [-0.2, -0.15) is 0 Å². The monoisotopic (exact) mass is 334 g/mol. The number of likely N-dealkylation sites (tertiary alicyclic amines) is 1. The van der Waals surface area contributed by atoms with Crippen LogP contribution in [0.25, 0.3) is 4.96 Å². The van der Waals surface area contributed by atoms with Crippen LogP contribution in [0.3, 0.4) is 0 Å². The summed E-state index contributed by atoms with van der Waals surface area (Å²) in [7, 11) is 1.77. The highest BCUT2D eigenvalue weighted by atomic mass is 32.1. The highest BCUT2D eigenvalue weighted by Gasteiger charge is 2.21. The zero-order chi connectivity index (χ0) is 16.2. The van der Waals surface area contributed by atoms with Crippen molar-refractivity contribution in [3.63, 3.8) is 0 Å². The smallest absolute Gasteiger partial charge is 0.219 e. The van der Waals surface area contributed by atoms with Gasteiger partial charge < -0.3 is 15.5 Å². The second-order valence-electron chi connectivity index (χ2n) is 5.68. The number of aliphatic imine (C=N–C) groups is 1. The van der Waals surface area contributed by atoms with Gasteiger partial charge in [0.05, 0.1) is 12.2 Å². The summed E-state index contributed by atoms with van der Waals surface area (Å²) in [5, 5.41) is 8.76. The van der Waals surface area contributed by atoms with Gasteiger partial charge in [-0.15, -0.1) is 11.3 Å². The summed E-state index contributed by atoms with van der Waals surface area (Å²) < 4.78 is 2.02. The van der Waals surface area contributed by atoms with Crippen LogP contribution in [0, 0.1) is 0 Å². The van der Waals surface area contributed by atoms with Crippen molar-refractivity contribution in [2.45, 2.75) is 32.4 Å². The molecule has 3 rings (SSSR count). The molecular weight excluding hydrogens is 312 g/mol. The molecule has 7 nitrogen and oxygen atoms in total. The number of guanidine groups is 1. The van der Waals surface area contributed by atoms with E-state index in [1.807, 2.05) is 27.1 Å². The number of aromatic nitrogens is 2. The molecule has 0 radical (unpaired) electrons. The van der Waals surface area contributed by atoms with Gasteiger partial charge in [-0.1, -0.05) is 0 Å². The first-order valence-corrected chi connectivity index (χ1v) is 8.67. The lowest BCUT2D eigenvalue weighted by atomic mass is 10.1. The Hall–Kier alpha value is -2.09.